The van der Waals surface area contributed by atoms with Crippen molar-refractivity contribution >= 4 is 51.9 Å². The van der Waals surface area contributed by atoms with Crippen LogP contribution >= 0.6 is 22.9 Å². The average molecular weight is 543 g/mol. The van der Waals surface area contributed by atoms with E-state index in [-0.39, 0.29) is 24.0 Å². The maximum atomic E-state index is 13.5. The topological polar surface area (TPSA) is 136 Å². The van der Waals surface area contributed by atoms with Crippen molar-refractivity contribution in [1.82, 2.24) is 15.2 Å². The Balaban J connectivity index is 1.43. The molecule has 0 radical (unpaired) electrons. The molecule has 11 nitrogen and oxygen atoms in total. The molecule has 1 aromatic heterocycles. The van der Waals surface area contributed by atoms with Crippen LogP contribution in [0, 0.1) is 0 Å². The number of thiazole rings is 1. The second-order valence-electron chi connectivity index (χ2n) is 8.07. The molecule has 4 amide bonds. The number of anilines is 1. The van der Waals surface area contributed by atoms with Gasteiger partial charge >= 0.3 is 12.0 Å². The van der Waals surface area contributed by atoms with Gasteiger partial charge in [-0.2, -0.15) is 0 Å². The number of esters is 1. The molecule has 1 fully saturated rings. The number of methoxy groups -OCH3 is 1. The normalized spacial score (nSPS) is 16.9. The number of hydrogen-bond acceptors (Lipinski definition) is 9. The molecule has 13 heteroatoms. The van der Waals surface area contributed by atoms with Crippen molar-refractivity contribution in [3.8, 4) is 11.5 Å². The number of carbonyl (C=O) groups is 4. The lowest BCUT2D eigenvalue weighted by Crippen LogP contribution is -2.49. The standard InChI is InChI=1S/C24H19ClN4O7S/c1-34-22(32)15-10-37-23(26-15)28-20(30)16(8-12-3-2-4-14(25)7-12)29-21(31)19(27-24(29)33)13-5-6-17-18(9-13)36-11-35-17/h2-7,9-10,16,19H,8,11H2,1H3,(H,27,33)(H,26,28,30)/t16-,19?/m0/s1. The van der Waals surface area contributed by atoms with Crippen molar-refractivity contribution in [1.29, 1.82) is 0 Å². The molecule has 0 spiro atoms. The summed E-state index contributed by atoms with van der Waals surface area (Å²) in [7, 11) is 1.22. The molecule has 3 aromatic rings. The molecule has 1 saturated heterocycles. The van der Waals surface area contributed by atoms with E-state index < -0.39 is 35.9 Å². The third kappa shape index (κ3) is 4.93. The van der Waals surface area contributed by atoms with Gasteiger partial charge in [-0.15, -0.1) is 11.3 Å². The fourth-order valence-electron chi connectivity index (χ4n) is 4.01. The van der Waals surface area contributed by atoms with E-state index in [0.29, 0.717) is 27.6 Å². The van der Waals surface area contributed by atoms with Gasteiger partial charge in [0.25, 0.3) is 5.91 Å². The van der Waals surface area contributed by atoms with Gasteiger partial charge in [-0.1, -0.05) is 29.8 Å². The van der Waals surface area contributed by atoms with Crippen molar-refractivity contribution in [2.24, 2.45) is 0 Å². The smallest absolute Gasteiger partial charge is 0.357 e. The zero-order valence-electron chi connectivity index (χ0n) is 19.2. The first kappa shape index (κ1) is 24.5. The SMILES string of the molecule is COC(=O)c1csc(NC(=O)[C@H](Cc2cccc(Cl)c2)N2C(=O)NC(c3ccc4c(c3)OCO4)C2=O)n1. The Morgan fingerprint density at radius 3 is 2.84 bits per heavy atom. The molecular formula is C24H19ClN4O7S. The predicted octanol–water partition coefficient (Wildman–Crippen LogP) is 3.15. The van der Waals surface area contributed by atoms with Gasteiger partial charge in [0.2, 0.25) is 12.7 Å². The van der Waals surface area contributed by atoms with Gasteiger partial charge in [-0.05, 0) is 35.4 Å². The van der Waals surface area contributed by atoms with Crippen LogP contribution in [0.1, 0.15) is 27.7 Å². The molecule has 2 aliphatic heterocycles. The lowest BCUT2D eigenvalue weighted by atomic mass is 10.0. The van der Waals surface area contributed by atoms with Crippen LogP contribution in [0.15, 0.2) is 47.8 Å². The number of urea groups is 1. The Bertz CT molecular complexity index is 1410. The van der Waals surface area contributed by atoms with E-state index in [1.807, 2.05) is 0 Å². The number of hydrogen-bond donors (Lipinski definition) is 2. The molecule has 190 valence electrons. The Kier molecular flexibility index (Phi) is 6.68. The average Bonchev–Trinajstić information content (AvgIpc) is 3.61. The third-order valence-corrected chi connectivity index (χ3v) is 6.76. The molecule has 0 aliphatic carbocycles. The number of aromatic nitrogens is 1. The molecule has 2 aromatic carbocycles. The summed E-state index contributed by atoms with van der Waals surface area (Å²) in [5, 5.41) is 7.22. The van der Waals surface area contributed by atoms with Crippen molar-refractivity contribution in [3.05, 3.63) is 69.7 Å². The second-order valence-corrected chi connectivity index (χ2v) is 9.37. The number of imide groups is 1. The number of halogens is 1. The van der Waals surface area contributed by atoms with Crippen molar-refractivity contribution in [2.75, 3.05) is 19.2 Å². The molecule has 2 N–H and O–H groups in total. The van der Waals surface area contributed by atoms with Gasteiger partial charge in [-0.25, -0.2) is 19.5 Å². The molecular weight excluding hydrogens is 524 g/mol. The predicted molar refractivity (Wildman–Crippen MR) is 132 cm³/mol. The summed E-state index contributed by atoms with van der Waals surface area (Å²) in [6.45, 7) is 0.0617. The number of amides is 4. The van der Waals surface area contributed by atoms with E-state index in [0.717, 1.165) is 16.2 Å². The fraction of sp³-hybridized carbons (Fsp3) is 0.208. The highest BCUT2D eigenvalue weighted by Crippen LogP contribution is 2.36. The van der Waals surface area contributed by atoms with Crippen LogP contribution in [0.3, 0.4) is 0 Å². The molecule has 5 rings (SSSR count). The van der Waals surface area contributed by atoms with E-state index in [1.54, 1.807) is 42.5 Å². The van der Waals surface area contributed by atoms with Crippen LogP contribution in [0.5, 0.6) is 11.5 Å². The van der Waals surface area contributed by atoms with Crippen molar-refractivity contribution in [2.45, 2.75) is 18.5 Å². The largest absolute Gasteiger partial charge is 0.464 e. The zero-order valence-corrected chi connectivity index (χ0v) is 20.8. The van der Waals surface area contributed by atoms with Crippen molar-refractivity contribution < 1.29 is 33.4 Å². The second kappa shape index (κ2) is 10.1. The van der Waals surface area contributed by atoms with Gasteiger partial charge in [-0.3, -0.25) is 9.59 Å². The van der Waals surface area contributed by atoms with Gasteiger partial charge in [0, 0.05) is 16.8 Å². The summed E-state index contributed by atoms with van der Waals surface area (Å²) >= 11 is 7.12. The highest BCUT2D eigenvalue weighted by Gasteiger charge is 2.45. The fourth-order valence-corrected chi connectivity index (χ4v) is 4.91. The first-order valence-corrected chi connectivity index (χ1v) is 12.2. The number of fused-ring (bicyclic) bond motifs is 1. The number of ether oxygens (including phenoxy) is 3. The minimum absolute atomic E-state index is 0.00531. The highest BCUT2D eigenvalue weighted by atomic mass is 35.5. The summed E-state index contributed by atoms with van der Waals surface area (Å²) < 4.78 is 15.3. The summed E-state index contributed by atoms with van der Waals surface area (Å²) in [6.07, 6.45) is -0.00531. The van der Waals surface area contributed by atoms with E-state index in [4.69, 9.17) is 21.1 Å². The summed E-state index contributed by atoms with van der Waals surface area (Å²) in [4.78, 5) is 56.6. The molecule has 2 aliphatic rings. The monoisotopic (exact) mass is 542 g/mol. The molecule has 2 atom stereocenters. The van der Waals surface area contributed by atoms with Crippen LogP contribution < -0.4 is 20.1 Å². The minimum atomic E-state index is -1.24. The van der Waals surface area contributed by atoms with Crippen LogP contribution in [0.4, 0.5) is 9.93 Å². The molecule has 3 heterocycles. The number of nitrogens with one attached hydrogen (secondary N) is 2. The summed E-state index contributed by atoms with van der Waals surface area (Å²) in [6, 6.07) is 8.68. The minimum Gasteiger partial charge on any atom is -0.464 e. The Morgan fingerprint density at radius 2 is 2.05 bits per heavy atom. The van der Waals surface area contributed by atoms with Crippen LogP contribution in [0.25, 0.3) is 0 Å². The van der Waals surface area contributed by atoms with Gasteiger partial charge in [0.05, 0.1) is 7.11 Å². The van der Waals surface area contributed by atoms with E-state index in [9.17, 15) is 19.2 Å². The maximum absolute atomic E-state index is 13.5. The number of nitrogens with zero attached hydrogens (tertiary/aromatic N) is 2. The van der Waals surface area contributed by atoms with Crippen LogP contribution in [0.2, 0.25) is 5.02 Å². The lowest BCUT2D eigenvalue weighted by Gasteiger charge is -2.24. The summed E-state index contributed by atoms with van der Waals surface area (Å²) in [5.41, 5.74) is 1.14. The van der Waals surface area contributed by atoms with Crippen molar-refractivity contribution in [3.63, 3.8) is 0 Å². The Labute approximate surface area is 219 Å². The highest BCUT2D eigenvalue weighted by molar-refractivity contribution is 7.14. The molecule has 1 unspecified atom stereocenters. The molecule has 0 bridgehead atoms. The Hall–Kier alpha value is -4.16. The van der Waals surface area contributed by atoms with Crippen LogP contribution in [-0.4, -0.2) is 53.6 Å². The van der Waals surface area contributed by atoms with Gasteiger partial charge in [0.1, 0.15) is 12.1 Å². The lowest BCUT2D eigenvalue weighted by molar-refractivity contribution is -0.134. The maximum Gasteiger partial charge on any atom is 0.357 e. The van der Waals surface area contributed by atoms with Crippen LogP contribution in [-0.2, 0) is 20.7 Å². The third-order valence-electron chi connectivity index (χ3n) is 5.76. The number of benzene rings is 2. The van der Waals surface area contributed by atoms with Gasteiger partial charge in [0.15, 0.2) is 22.3 Å². The summed E-state index contributed by atoms with van der Waals surface area (Å²) in [5.74, 6) is -0.948. The molecule has 0 saturated carbocycles. The first-order chi connectivity index (χ1) is 17.8. The number of carbonyl (C=O) groups excluding carboxylic acids is 4. The zero-order chi connectivity index (χ0) is 26.1. The first-order valence-electron chi connectivity index (χ1n) is 11.0. The van der Waals surface area contributed by atoms with E-state index >= 15 is 0 Å². The number of rotatable bonds is 7. The van der Waals surface area contributed by atoms with E-state index in [2.05, 4.69) is 20.4 Å². The quantitative estimate of drug-likeness (QED) is 0.343. The Morgan fingerprint density at radius 1 is 1.24 bits per heavy atom. The van der Waals surface area contributed by atoms with E-state index in [1.165, 1.54) is 12.5 Å². The van der Waals surface area contributed by atoms with Gasteiger partial charge < -0.3 is 24.8 Å². The molecule has 37 heavy (non-hydrogen) atoms.